The molecule has 76 valence electrons. The first-order chi connectivity index (χ1) is 7.18. The molecule has 0 atom stereocenters. The largest absolute Gasteiger partial charge is 0.507 e. The zero-order valence-electron chi connectivity index (χ0n) is 7.61. The predicted octanol–water partition coefficient (Wildman–Crippen LogP) is 3.36. The van der Waals surface area contributed by atoms with E-state index in [-0.39, 0.29) is 11.3 Å². The second-order valence-corrected chi connectivity index (χ2v) is 3.80. The Hall–Kier alpha value is -1.42. The van der Waals surface area contributed by atoms with Gasteiger partial charge in [0.25, 0.3) is 0 Å². The summed E-state index contributed by atoms with van der Waals surface area (Å²) in [6, 6.07) is 9.77. The van der Waals surface area contributed by atoms with E-state index < -0.39 is 5.95 Å². The van der Waals surface area contributed by atoms with Gasteiger partial charge in [-0.05, 0) is 34.1 Å². The number of hydrogen-bond acceptors (Lipinski definition) is 2. The number of nitrogens with zero attached hydrogens (tertiary/aromatic N) is 1. The van der Waals surface area contributed by atoms with Crippen molar-refractivity contribution in [2.45, 2.75) is 0 Å². The highest BCUT2D eigenvalue weighted by Gasteiger charge is 2.09. The van der Waals surface area contributed by atoms with Gasteiger partial charge in [0.1, 0.15) is 10.4 Å². The van der Waals surface area contributed by atoms with Crippen LogP contribution in [0, 0.1) is 5.95 Å². The van der Waals surface area contributed by atoms with Crippen LogP contribution in [0.4, 0.5) is 4.39 Å². The van der Waals surface area contributed by atoms with Crippen molar-refractivity contribution >= 4 is 15.9 Å². The molecule has 0 spiro atoms. The molecule has 0 radical (unpaired) electrons. The van der Waals surface area contributed by atoms with Gasteiger partial charge >= 0.3 is 0 Å². The molecular formula is C11H7BrFNO. The van der Waals surface area contributed by atoms with E-state index in [9.17, 15) is 9.50 Å². The summed E-state index contributed by atoms with van der Waals surface area (Å²) in [5, 5.41) is 9.55. The van der Waals surface area contributed by atoms with Crippen molar-refractivity contribution in [3.8, 4) is 16.9 Å². The van der Waals surface area contributed by atoms with E-state index in [1.165, 1.54) is 6.07 Å². The number of aromatic nitrogens is 1. The molecule has 2 rings (SSSR count). The number of para-hydroxylation sites is 1. The second kappa shape index (κ2) is 3.98. The van der Waals surface area contributed by atoms with Crippen LogP contribution in [0.5, 0.6) is 5.75 Å². The van der Waals surface area contributed by atoms with Crippen LogP contribution in [0.1, 0.15) is 0 Å². The van der Waals surface area contributed by atoms with Gasteiger partial charge in [-0.2, -0.15) is 4.39 Å². The molecule has 1 aromatic heterocycles. The molecule has 2 aromatic rings. The highest BCUT2D eigenvalue weighted by atomic mass is 79.9. The maximum atomic E-state index is 13.5. The first kappa shape index (κ1) is 10.1. The number of phenols is 1. The molecule has 15 heavy (non-hydrogen) atoms. The third-order valence-corrected chi connectivity index (χ3v) is 2.45. The van der Waals surface area contributed by atoms with Crippen molar-refractivity contribution < 1.29 is 9.50 Å². The fourth-order valence-corrected chi connectivity index (χ4v) is 1.60. The first-order valence-electron chi connectivity index (χ1n) is 4.29. The van der Waals surface area contributed by atoms with Gasteiger partial charge in [-0.3, -0.25) is 0 Å². The Morgan fingerprint density at radius 1 is 1.07 bits per heavy atom. The summed E-state index contributed by atoms with van der Waals surface area (Å²) in [5.74, 6) is -0.564. The standard InChI is InChI=1S/C11H7BrFNO/c12-10-6-5-8(11(13)14-10)7-3-1-2-4-9(7)15/h1-6,15H. The van der Waals surface area contributed by atoms with Gasteiger partial charge in [0, 0.05) is 11.1 Å². The van der Waals surface area contributed by atoms with Crippen LogP contribution in [0.2, 0.25) is 0 Å². The van der Waals surface area contributed by atoms with Crippen molar-refractivity contribution in [2.24, 2.45) is 0 Å². The number of pyridine rings is 1. The number of phenolic OH excluding ortho intramolecular Hbond substituents is 1. The molecule has 0 saturated carbocycles. The van der Waals surface area contributed by atoms with Gasteiger partial charge in [-0.25, -0.2) is 4.98 Å². The number of hydrogen-bond donors (Lipinski definition) is 1. The number of aromatic hydroxyl groups is 1. The van der Waals surface area contributed by atoms with Crippen molar-refractivity contribution in [3.05, 3.63) is 46.9 Å². The van der Waals surface area contributed by atoms with E-state index in [4.69, 9.17) is 0 Å². The zero-order valence-corrected chi connectivity index (χ0v) is 9.20. The minimum Gasteiger partial charge on any atom is -0.507 e. The summed E-state index contributed by atoms with van der Waals surface area (Å²) in [4.78, 5) is 3.63. The van der Waals surface area contributed by atoms with Crippen LogP contribution in [0.3, 0.4) is 0 Å². The average molecular weight is 268 g/mol. The Labute approximate surface area is 94.5 Å². The van der Waals surface area contributed by atoms with Crippen LogP contribution in [0.25, 0.3) is 11.1 Å². The number of halogens is 2. The highest BCUT2D eigenvalue weighted by Crippen LogP contribution is 2.30. The zero-order chi connectivity index (χ0) is 10.8. The number of rotatable bonds is 1. The van der Waals surface area contributed by atoms with E-state index in [2.05, 4.69) is 20.9 Å². The van der Waals surface area contributed by atoms with Crippen LogP contribution >= 0.6 is 15.9 Å². The van der Waals surface area contributed by atoms with Gasteiger partial charge in [0.2, 0.25) is 5.95 Å². The Morgan fingerprint density at radius 2 is 1.80 bits per heavy atom. The van der Waals surface area contributed by atoms with E-state index in [0.717, 1.165) is 0 Å². The normalized spacial score (nSPS) is 10.3. The van der Waals surface area contributed by atoms with Crippen molar-refractivity contribution in [1.82, 2.24) is 4.98 Å². The SMILES string of the molecule is Oc1ccccc1-c1ccc(Br)nc1F. The second-order valence-electron chi connectivity index (χ2n) is 2.99. The molecule has 0 unspecified atom stereocenters. The lowest BCUT2D eigenvalue weighted by molar-refractivity contribution is 0.476. The topological polar surface area (TPSA) is 33.1 Å². The molecule has 1 aromatic carbocycles. The first-order valence-corrected chi connectivity index (χ1v) is 5.08. The monoisotopic (exact) mass is 267 g/mol. The summed E-state index contributed by atoms with van der Waals surface area (Å²) >= 11 is 3.07. The van der Waals surface area contributed by atoms with E-state index in [1.807, 2.05) is 0 Å². The molecule has 0 fully saturated rings. The van der Waals surface area contributed by atoms with E-state index in [0.29, 0.717) is 10.2 Å². The summed E-state index contributed by atoms with van der Waals surface area (Å²) in [6.45, 7) is 0. The quantitative estimate of drug-likeness (QED) is 0.804. The fourth-order valence-electron chi connectivity index (χ4n) is 1.31. The summed E-state index contributed by atoms with van der Waals surface area (Å²) < 4.78 is 13.9. The Bertz CT molecular complexity index is 502. The smallest absolute Gasteiger partial charge is 0.221 e. The van der Waals surface area contributed by atoms with Gasteiger partial charge in [0.15, 0.2) is 0 Å². The van der Waals surface area contributed by atoms with Gasteiger partial charge < -0.3 is 5.11 Å². The van der Waals surface area contributed by atoms with Crippen LogP contribution < -0.4 is 0 Å². The molecule has 0 aliphatic rings. The van der Waals surface area contributed by atoms with Gasteiger partial charge in [-0.1, -0.05) is 18.2 Å². The molecule has 4 heteroatoms. The van der Waals surface area contributed by atoms with Crippen LogP contribution in [-0.4, -0.2) is 10.1 Å². The Kier molecular flexibility index (Phi) is 2.68. The molecular weight excluding hydrogens is 261 g/mol. The molecule has 0 aliphatic heterocycles. The lowest BCUT2D eigenvalue weighted by Gasteiger charge is -2.04. The highest BCUT2D eigenvalue weighted by molar-refractivity contribution is 9.10. The van der Waals surface area contributed by atoms with Gasteiger partial charge in [0.05, 0.1) is 0 Å². The van der Waals surface area contributed by atoms with Gasteiger partial charge in [-0.15, -0.1) is 0 Å². The molecule has 0 bridgehead atoms. The molecule has 0 amide bonds. The summed E-state index contributed by atoms with van der Waals surface area (Å²) in [5.41, 5.74) is 0.728. The third kappa shape index (κ3) is 1.99. The maximum Gasteiger partial charge on any atom is 0.221 e. The summed E-state index contributed by atoms with van der Waals surface area (Å²) in [7, 11) is 0. The van der Waals surface area contributed by atoms with Crippen LogP contribution in [-0.2, 0) is 0 Å². The fraction of sp³-hybridized carbons (Fsp3) is 0. The maximum absolute atomic E-state index is 13.5. The lowest BCUT2D eigenvalue weighted by Crippen LogP contribution is -1.89. The van der Waals surface area contributed by atoms with Crippen molar-refractivity contribution in [3.63, 3.8) is 0 Å². The average Bonchev–Trinajstić information content (AvgIpc) is 2.20. The molecule has 2 nitrogen and oxygen atoms in total. The summed E-state index contributed by atoms with van der Waals surface area (Å²) in [6.07, 6.45) is 0. The number of benzene rings is 1. The predicted molar refractivity (Wildman–Crippen MR) is 59.0 cm³/mol. The minimum absolute atomic E-state index is 0.0422. The molecule has 1 heterocycles. The van der Waals surface area contributed by atoms with Crippen LogP contribution in [0.15, 0.2) is 41.0 Å². The van der Waals surface area contributed by atoms with E-state index in [1.54, 1.807) is 30.3 Å². The van der Waals surface area contributed by atoms with Crippen molar-refractivity contribution in [2.75, 3.05) is 0 Å². The Morgan fingerprint density at radius 3 is 2.47 bits per heavy atom. The Balaban J connectivity index is 2.60. The molecule has 0 aliphatic carbocycles. The van der Waals surface area contributed by atoms with Crippen molar-refractivity contribution in [1.29, 1.82) is 0 Å². The molecule has 0 saturated heterocycles. The third-order valence-electron chi connectivity index (χ3n) is 2.01. The molecule has 1 N–H and O–H groups in total. The lowest BCUT2D eigenvalue weighted by atomic mass is 10.1. The minimum atomic E-state index is -0.606. The van der Waals surface area contributed by atoms with E-state index >= 15 is 0 Å².